The fourth-order valence-electron chi connectivity index (χ4n) is 3.65. The van der Waals surface area contributed by atoms with Crippen LogP contribution >= 0.6 is 23.1 Å². The molecule has 1 fully saturated rings. The Labute approximate surface area is 174 Å². The Kier molecular flexibility index (Phi) is 6.03. The van der Waals surface area contributed by atoms with Gasteiger partial charge in [-0.1, -0.05) is 30.3 Å². The number of thioether (sulfide) groups is 1. The van der Waals surface area contributed by atoms with Crippen molar-refractivity contribution in [2.75, 3.05) is 13.1 Å². The Morgan fingerprint density at radius 2 is 1.79 bits per heavy atom. The molecule has 0 saturated carbocycles. The van der Waals surface area contributed by atoms with Crippen LogP contribution in [0.15, 0.2) is 70.9 Å². The topological polar surface area (TPSA) is 40.5 Å². The molecule has 0 unspecified atom stereocenters. The summed E-state index contributed by atoms with van der Waals surface area (Å²) in [5, 5.41) is 11.6. The zero-order valence-corrected chi connectivity index (χ0v) is 17.2. The van der Waals surface area contributed by atoms with E-state index in [2.05, 4.69) is 23.6 Å². The number of carbonyl (C=O) groups is 1. The van der Waals surface area contributed by atoms with Crippen LogP contribution in [0.25, 0.3) is 0 Å². The molecule has 1 aliphatic heterocycles. The van der Waals surface area contributed by atoms with E-state index in [1.54, 1.807) is 35.2 Å². The predicted molar refractivity (Wildman–Crippen MR) is 116 cm³/mol. The Morgan fingerprint density at radius 3 is 2.50 bits per heavy atom. The summed E-state index contributed by atoms with van der Waals surface area (Å²) in [7, 11) is 0. The molecule has 0 bridgehead atoms. The van der Waals surface area contributed by atoms with E-state index in [0.717, 1.165) is 42.1 Å². The Balaban J connectivity index is 1.40. The maximum absolute atomic E-state index is 13.2. The first-order valence-corrected chi connectivity index (χ1v) is 11.4. The highest BCUT2D eigenvalue weighted by molar-refractivity contribution is 7.98. The molecule has 0 atom stereocenters. The number of hydrogen-bond donors (Lipinski definition) is 1. The lowest BCUT2D eigenvalue weighted by molar-refractivity contribution is 0.0709. The van der Waals surface area contributed by atoms with Gasteiger partial charge in [0.1, 0.15) is 5.75 Å². The summed E-state index contributed by atoms with van der Waals surface area (Å²) >= 11 is 3.49. The standard InChI is InChI=1S/C23H23NO2S2/c25-19-9-7-17(8-10-19)18-11-13-24(14-12-18)23(26)21-5-1-2-6-22(21)28-16-20-4-3-15-27-20/h1-10,15,18,25H,11-14,16H2. The molecule has 1 saturated heterocycles. The molecule has 144 valence electrons. The van der Waals surface area contributed by atoms with Crippen LogP contribution in [-0.4, -0.2) is 29.0 Å². The molecule has 1 aliphatic rings. The maximum Gasteiger partial charge on any atom is 0.254 e. The molecule has 3 aromatic rings. The van der Waals surface area contributed by atoms with Crippen LogP contribution in [0.2, 0.25) is 0 Å². The van der Waals surface area contributed by atoms with E-state index in [1.807, 2.05) is 35.2 Å². The van der Waals surface area contributed by atoms with Gasteiger partial charge < -0.3 is 10.0 Å². The monoisotopic (exact) mass is 409 g/mol. The second-order valence-corrected chi connectivity index (χ2v) is 9.07. The van der Waals surface area contributed by atoms with Gasteiger partial charge in [0.25, 0.3) is 5.91 Å². The van der Waals surface area contributed by atoms with E-state index >= 15 is 0 Å². The van der Waals surface area contributed by atoms with Crippen LogP contribution in [0.5, 0.6) is 5.75 Å². The highest BCUT2D eigenvalue weighted by Gasteiger charge is 2.25. The zero-order chi connectivity index (χ0) is 19.3. The largest absolute Gasteiger partial charge is 0.508 e. The van der Waals surface area contributed by atoms with E-state index in [9.17, 15) is 9.90 Å². The average molecular weight is 410 g/mol. The number of aromatic hydroxyl groups is 1. The first-order chi connectivity index (χ1) is 13.7. The summed E-state index contributed by atoms with van der Waals surface area (Å²) < 4.78 is 0. The van der Waals surface area contributed by atoms with Crippen molar-refractivity contribution in [2.24, 2.45) is 0 Å². The van der Waals surface area contributed by atoms with Gasteiger partial charge in [-0.3, -0.25) is 4.79 Å². The lowest BCUT2D eigenvalue weighted by atomic mass is 9.89. The van der Waals surface area contributed by atoms with Crippen molar-refractivity contribution < 1.29 is 9.90 Å². The maximum atomic E-state index is 13.2. The molecule has 0 spiro atoms. The van der Waals surface area contributed by atoms with Crippen LogP contribution in [-0.2, 0) is 5.75 Å². The minimum atomic E-state index is 0.137. The molecule has 0 aliphatic carbocycles. The molecule has 3 nitrogen and oxygen atoms in total. The van der Waals surface area contributed by atoms with Crippen LogP contribution < -0.4 is 0 Å². The molecule has 28 heavy (non-hydrogen) atoms. The second kappa shape index (κ2) is 8.84. The minimum absolute atomic E-state index is 0.137. The first-order valence-electron chi connectivity index (χ1n) is 9.53. The van der Waals surface area contributed by atoms with Crippen molar-refractivity contribution >= 4 is 29.0 Å². The molecule has 1 N–H and O–H groups in total. The summed E-state index contributed by atoms with van der Waals surface area (Å²) in [6.45, 7) is 1.54. The van der Waals surface area contributed by atoms with Crippen LogP contribution in [0.4, 0.5) is 0 Å². The van der Waals surface area contributed by atoms with Gasteiger partial charge in [0.05, 0.1) is 5.56 Å². The van der Waals surface area contributed by atoms with Gasteiger partial charge >= 0.3 is 0 Å². The van der Waals surface area contributed by atoms with Crippen molar-refractivity contribution in [3.05, 3.63) is 82.0 Å². The predicted octanol–water partition coefficient (Wildman–Crippen LogP) is 5.77. The summed E-state index contributed by atoms with van der Waals surface area (Å²) in [5.74, 6) is 1.78. The molecule has 2 aromatic carbocycles. The third-order valence-corrected chi connectivity index (χ3v) is 7.40. The van der Waals surface area contributed by atoms with Crippen molar-refractivity contribution in [1.82, 2.24) is 4.90 Å². The first kappa shape index (κ1) is 19.1. The third-order valence-electron chi connectivity index (χ3n) is 5.21. The third kappa shape index (κ3) is 4.42. The number of hydrogen-bond acceptors (Lipinski definition) is 4. The molecule has 1 aromatic heterocycles. The summed E-state index contributed by atoms with van der Waals surface area (Å²) in [6.07, 6.45) is 1.92. The number of thiophene rings is 1. The number of piperidine rings is 1. The van der Waals surface area contributed by atoms with E-state index in [0.29, 0.717) is 11.7 Å². The fraction of sp³-hybridized carbons (Fsp3) is 0.261. The number of benzene rings is 2. The van der Waals surface area contributed by atoms with Gasteiger partial charge in [0, 0.05) is 28.6 Å². The molecular weight excluding hydrogens is 386 g/mol. The number of carbonyl (C=O) groups excluding carboxylic acids is 1. The van der Waals surface area contributed by atoms with Gasteiger partial charge in [-0.15, -0.1) is 23.1 Å². The van der Waals surface area contributed by atoms with E-state index in [4.69, 9.17) is 0 Å². The highest BCUT2D eigenvalue weighted by atomic mass is 32.2. The molecule has 2 heterocycles. The van der Waals surface area contributed by atoms with Crippen molar-refractivity contribution in [3.63, 3.8) is 0 Å². The molecule has 1 amide bonds. The SMILES string of the molecule is O=C(c1ccccc1SCc1cccs1)N1CCC(c2ccc(O)cc2)CC1. The second-order valence-electron chi connectivity index (χ2n) is 7.02. The van der Waals surface area contributed by atoms with E-state index in [1.165, 1.54) is 10.4 Å². The van der Waals surface area contributed by atoms with E-state index in [-0.39, 0.29) is 5.91 Å². The van der Waals surface area contributed by atoms with Crippen LogP contribution in [0.3, 0.4) is 0 Å². The summed E-state index contributed by atoms with van der Waals surface area (Å²) in [6, 6.07) is 19.6. The Hall–Kier alpha value is -2.24. The van der Waals surface area contributed by atoms with Gasteiger partial charge in [-0.05, 0) is 60.0 Å². The summed E-state index contributed by atoms with van der Waals surface area (Å²) in [5.41, 5.74) is 2.06. The summed E-state index contributed by atoms with van der Waals surface area (Å²) in [4.78, 5) is 17.5. The van der Waals surface area contributed by atoms with Gasteiger partial charge in [0.2, 0.25) is 0 Å². The average Bonchev–Trinajstić information content (AvgIpc) is 3.26. The van der Waals surface area contributed by atoms with Gasteiger partial charge in [-0.2, -0.15) is 0 Å². The van der Waals surface area contributed by atoms with Crippen LogP contribution in [0.1, 0.15) is 39.6 Å². The smallest absolute Gasteiger partial charge is 0.254 e. The number of rotatable bonds is 5. The van der Waals surface area contributed by atoms with Gasteiger partial charge in [-0.25, -0.2) is 0 Å². The molecule has 4 rings (SSSR count). The lowest BCUT2D eigenvalue weighted by Crippen LogP contribution is -2.38. The highest BCUT2D eigenvalue weighted by Crippen LogP contribution is 2.32. The number of phenols is 1. The number of nitrogens with zero attached hydrogens (tertiary/aromatic N) is 1. The molecule has 5 heteroatoms. The Morgan fingerprint density at radius 1 is 1.04 bits per heavy atom. The van der Waals surface area contributed by atoms with Crippen molar-refractivity contribution in [1.29, 1.82) is 0 Å². The van der Waals surface area contributed by atoms with Crippen LogP contribution in [0, 0.1) is 0 Å². The fourth-order valence-corrected chi connectivity index (χ4v) is 5.46. The lowest BCUT2D eigenvalue weighted by Gasteiger charge is -2.32. The van der Waals surface area contributed by atoms with E-state index < -0.39 is 0 Å². The minimum Gasteiger partial charge on any atom is -0.508 e. The number of amides is 1. The molecule has 0 radical (unpaired) electrons. The van der Waals surface area contributed by atoms with Crippen molar-refractivity contribution in [2.45, 2.75) is 29.4 Å². The zero-order valence-electron chi connectivity index (χ0n) is 15.6. The number of phenolic OH excluding ortho intramolecular Hbond substituents is 1. The van der Waals surface area contributed by atoms with Gasteiger partial charge in [0.15, 0.2) is 0 Å². The quantitative estimate of drug-likeness (QED) is 0.544. The normalized spacial score (nSPS) is 14.9. The van der Waals surface area contributed by atoms with Crippen molar-refractivity contribution in [3.8, 4) is 5.75 Å². The Bertz CT molecular complexity index is 914. The number of likely N-dealkylation sites (tertiary alicyclic amines) is 1. The molecular formula is C23H23NO2S2.